The third kappa shape index (κ3) is 4.51. The first kappa shape index (κ1) is 22.1. The van der Waals surface area contributed by atoms with Gasteiger partial charge in [0, 0.05) is 31.2 Å². The van der Waals surface area contributed by atoms with E-state index in [9.17, 15) is 4.79 Å². The van der Waals surface area contributed by atoms with E-state index in [4.69, 9.17) is 16.3 Å². The van der Waals surface area contributed by atoms with Gasteiger partial charge in [0.15, 0.2) is 17.0 Å². The Morgan fingerprint density at radius 3 is 2.44 bits per heavy atom. The second kappa shape index (κ2) is 9.64. The van der Waals surface area contributed by atoms with E-state index in [1.165, 1.54) is 6.33 Å². The van der Waals surface area contributed by atoms with Gasteiger partial charge in [-0.1, -0.05) is 28.9 Å². The molecule has 174 valence electrons. The Morgan fingerprint density at radius 2 is 1.74 bits per heavy atom. The van der Waals surface area contributed by atoms with E-state index >= 15 is 0 Å². The van der Waals surface area contributed by atoms with Crippen molar-refractivity contribution >= 4 is 34.5 Å². The Labute approximate surface area is 201 Å². The predicted molar refractivity (Wildman–Crippen MR) is 130 cm³/mol. The van der Waals surface area contributed by atoms with Gasteiger partial charge in [0.05, 0.1) is 18.7 Å². The van der Waals surface area contributed by atoms with Crippen LogP contribution in [0, 0.1) is 0 Å². The zero-order chi connectivity index (χ0) is 23.5. The zero-order valence-corrected chi connectivity index (χ0v) is 19.5. The monoisotopic (exact) mass is 477 g/mol. The molecule has 0 radical (unpaired) electrons. The number of carbonyl (C=O) groups is 1. The number of hydrogen-bond acceptors (Lipinski definition) is 7. The summed E-state index contributed by atoms with van der Waals surface area (Å²) in [5, 5.41) is 9.35. The number of anilines is 1. The highest BCUT2D eigenvalue weighted by molar-refractivity contribution is 6.30. The van der Waals surface area contributed by atoms with Crippen LogP contribution >= 0.6 is 11.6 Å². The van der Waals surface area contributed by atoms with E-state index in [1.54, 1.807) is 4.68 Å². The highest BCUT2D eigenvalue weighted by Crippen LogP contribution is 2.24. The summed E-state index contributed by atoms with van der Waals surface area (Å²) in [6, 6.07) is 15.0. The summed E-state index contributed by atoms with van der Waals surface area (Å²) in [6.45, 7) is 5.12. The molecule has 3 heterocycles. The number of ether oxygens (including phenoxy) is 1. The lowest BCUT2D eigenvalue weighted by Gasteiger charge is -2.35. The molecule has 0 spiro atoms. The van der Waals surface area contributed by atoms with Crippen molar-refractivity contribution < 1.29 is 9.53 Å². The number of amides is 1. The lowest BCUT2D eigenvalue weighted by atomic mass is 10.1. The smallest absolute Gasteiger partial charge is 0.227 e. The van der Waals surface area contributed by atoms with Crippen LogP contribution in [0.2, 0.25) is 5.02 Å². The van der Waals surface area contributed by atoms with E-state index < -0.39 is 0 Å². The van der Waals surface area contributed by atoms with Gasteiger partial charge in [-0.05, 0) is 48.9 Å². The summed E-state index contributed by atoms with van der Waals surface area (Å²) < 4.78 is 7.21. The van der Waals surface area contributed by atoms with E-state index in [0.29, 0.717) is 55.4 Å². The molecule has 1 aliphatic heterocycles. The number of fused-ring (bicyclic) bond motifs is 1. The third-order valence-electron chi connectivity index (χ3n) is 5.81. The highest BCUT2D eigenvalue weighted by Gasteiger charge is 2.25. The number of piperazine rings is 1. The number of benzene rings is 2. The molecule has 0 N–H and O–H groups in total. The van der Waals surface area contributed by atoms with E-state index in [1.807, 2.05) is 60.4 Å². The summed E-state index contributed by atoms with van der Waals surface area (Å²) in [6.07, 6.45) is 1.90. The van der Waals surface area contributed by atoms with Crippen LogP contribution in [-0.2, 0) is 11.2 Å². The molecular formula is C24H24ClN7O2. The minimum absolute atomic E-state index is 0.108. The van der Waals surface area contributed by atoms with Gasteiger partial charge in [0.2, 0.25) is 5.91 Å². The maximum atomic E-state index is 12.7. The zero-order valence-electron chi connectivity index (χ0n) is 18.8. The summed E-state index contributed by atoms with van der Waals surface area (Å²) in [5.74, 6) is 1.64. The molecule has 1 saturated heterocycles. The maximum absolute atomic E-state index is 12.7. The second-order valence-corrected chi connectivity index (χ2v) is 8.41. The number of carbonyl (C=O) groups excluding carboxylic acids is 1. The minimum atomic E-state index is 0.108. The lowest BCUT2D eigenvalue weighted by Crippen LogP contribution is -2.49. The van der Waals surface area contributed by atoms with Crippen LogP contribution in [0.3, 0.4) is 0 Å². The maximum Gasteiger partial charge on any atom is 0.227 e. The Morgan fingerprint density at radius 1 is 1.00 bits per heavy atom. The fraction of sp³-hybridized carbons (Fsp3) is 0.292. The average molecular weight is 478 g/mol. The van der Waals surface area contributed by atoms with Gasteiger partial charge in [0.25, 0.3) is 0 Å². The van der Waals surface area contributed by atoms with Crippen molar-refractivity contribution in [2.24, 2.45) is 0 Å². The van der Waals surface area contributed by atoms with Gasteiger partial charge >= 0.3 is 0 Å². The number of aromatic nitrogens is 5. The van der Waals surface area contributed by atoms with E-state index in [0.717, 1.165) is 22.8 Å². The summed E-state index contributed by atoms with van der Waals surface area (Å²) >= 11 is 5.94. The first-order valence-electron chi connectivity index (χ1n) is 11.2. The molecule has 1 amide bonds. The Kier molecular flexibility index (Phi) is 6.27. The largest absolute Gasteiger partial charge is 0.494 e. The minimum Gasteiger partial charge on any atom is -0.494 e. The van der Waals surface area contributed by atoms with Crippen molar-refractivity contribution in [3.05, 3.63) is 65.4 Å². The Hall–Kier alpha value is -3.72. The van der Waals surface area contributed by atoms with Crippen molar-refractivity contribution in [3.8, 4) is 11.4 Å². The Balaban J connectivity index is 1.29. The molecule has 0 saturated carbocycles. The van der Waals surface area contributed by atoms with Crippen molar-refractivity contribution in [1.29, 1.82) is 0 Å². The summed E-state index contributed by atoms with van der Waals surface area (Å²) in [7, 11) is 0. The quantitative estimate of drug-likeness (QED) is 0.421. The highest BCUT2D eigenvalue weighted by atomic mass is 35.5. The van der Waals surface area contributed by atoms with Crippen LogP contribution in [0.4, 0.5) is 5.82 Å². The average Bonchev–Trinajstić information content (AvgIpc) is 3.31. The topological polar surface area (TPSA) is 89.3 Å². The fourth-order valence-electron chi connectivity index (χ4n) is 4.05. The third-order valence-corrected chi connectivity index (χ3v) is 6.06. The number of halogens is 1. The normalized spacial score (nSPS) is 13.9. The van der Waals surface area contributed by atoms with Gasteiger partial charge in [-0.25, -0.2) is 9.97 Å². The SMILES string of the molecule is CCOc1ccc(-n2nnc3c(N4CCN(C(=O)Cc5ccc(Cl)cc5)CC4)ncnc32)cc1. The van der Waals surface area contributed by atoms with Crippen LogP contribution < -0.4 is 9.64 Å². The number of hydrogen-bond donors (Lipinski definition) is 0. The van der Waals surface area contributed by atoms with Gasteiger partial charge in [-0.2, -0.15) is 4.68 Å². The van der Waals surface area contributed by atoms with Gasteiger partial charge < -0.3 is 14.5 Å². The van der Waals surface area contributed by atoms with Gasteiger partial charge in [0.1, 0.15) is 12.1 Å². The first-order chi connectivity index (χ1) is 16.6. The van der Waals surface area contributed by atoms with Crippen LogP contribution in [0.1, 0.15) is 12.5 Å². The van der Waals surface area contributed by atoms with Crippen LogP contribution in [0.15, 0.2) is 54.9 Å². The molecule has 1 aliphatic rings. The molecule has 10 heteroatoms. The molecular weight excluding hydrogens is 454 g/mol. The molecule has 5 rings (SSSR count). The van der Waals surface area contributed by atoms with Crippen LogP contribution in [0.25, 0.3) is 16.9 Å². The predicted octanol–water partition coefficient (Wildman–Crippen LogP) is 3.15. The van der Waals surface area contributed by atoms with E-state index in [-0.39, 0.29) is 5.91 Å². The van der Waals surface area contributed by atoms with Crippen LogP contribution in [-0.4, -0.2) is 68.6 Å². The molecule has 9 nitrogen and oxygen atoms in total. The molecule has 0 bridgehead atoms. The number of nitrogens with zero attached hydrogens (tertiary/aromatic N) is 7. The van der Waals surface area contributed by atoms with Crippen molar-refractivity contribution in [2.45, 2.75) is 13.3 Å². The van der Waals surface area contributed by atoms with Crippen molar-refractivity contribution in [3.63, 3.8) is 0 Å². The molecule has 2 aromatic carbocycles. The first-order valence-corrected chi connectivity index (χ1v) is 11.6. The molecule has 2 aromatic heterocycles. The second-order valence-electron chi connectivity index (χ2n) is 7.97. The molecule has 1 fully saturated rings. The number of rotatable bonds is 6. The molecule has 34 heavy (non-hydrogen) atoms. The standard InChI is InChI=1S/C24H24ClN7O2/c1-2-34-20-9-7-19(8-10-20)32-24-22(28-29-32)23(26-16-27-24)31-13-11-30(12-14-31)21(33)15-17-3-5-18(25)6-4-17/h3-10,16H,2,11-15H2,1H3. The molecule has 0 unspecified atom stereocenters. The van der Waals surface area contributed by atoms with Gasteiger partial charge in [-0.3, -0.25) is 4.79 Å². The summed E-state index contributed by atoms with van der Waals surface area (Å²) in [5.41, 5.74) is 3.07. The molecule has 0 aliphatic carbocycles. The Bertz CT molecular complexity index is 1280. The molecule has 4 aromatic rings. The fourth-order valence-corrected chi connectivity index (χ4v) is 4.17. The van der Waals surface area contributed by atoms with Crippen molar-refractivity contribution in [1.82, 2.24) is 29.9 Å². The lowest BCUT2D eigenvalue weighted by molar-refractivity contribution is -0.130. The summed E-state index contributed by atoms with van der Waals surface area (Å²) in [4.78, 5) is 25.7. The van der Waals surface area contributed by atoms with Crippen LogP contribution in [0.5, 0.6) is 5.75 Å². The van der Waals surface area contributed by atoms with Crippen molar-refractivity contribution in [2.75, 3.05) is 37.7 Å². The molecule has 0 atom stereocenters. The van der Waals surface area contributed by atoms with E-state index in [2.05, 4.69) is 25.2 Å². The van der Waals surface area contributed by atoms with Gasteiger partial charge in [-0.15, -0.1) is 5.10 Å².